The molecule has 2 heterocycles. The summed E-state index contributed by atoms with van der Waals surface area (Å²) in [5.74, 6) is 2.29. The molecule has 7 nitrogen and oxygen atoms in total. The Kier molecular flexibility index (Phi) is 5.34. The highest BCUT2D eigenvalue weighted by atomic mass is 16.5. The molecule has 0 aliphatic carbocycles. The number of benzene rings is 2. The largest absolute Gasteiger partial charge is 0.497 e. The molecule has 0 amide bonds. The van der Waals surface area contributed by atoms with Crippen LogP contribution in [0.2, 0.25) is 0 Å². The number of carbonyl (C=O) groups is 1. The van der Waals surface area contributed by atoms with E-state index >= 15 is 0 Å². The number of aryl methyl sites for hydroxylation is 2. The summed E-state index contributed by atoms with van der Waals surface area (Å²) in [5.41, 5.74) is 1.61. The molecule has 0 fully saturated rings. The van der Waals surface area contributed by atoms with E-state index in [0.717, 1.165) is 33.4 Å². The summed E-state index contributed by atoms with van der Waals surface area (Å²) in [7, 11) is 1.64. The van der Waals surface area contributed by atoms with Crippen LogP contribution in [0.4, 0.5) is 0 Å². The molecule has 0 N–H and O–H groups in total. The second-order valence-electron chi connectivity index (χ2n) is 6.74. The first kappa shape index (κ1) is 19.4. The number of ether oxygens (including phenoxy) is 2. The number of rotatable bonds is 6. The molecule has 0 unspecified atom stereocenters. The summed E-state index contributed by atoms with van der Waals surface area (Å²) in [6.07, 6.45) is 3.06. The van der Waals surface area contributed by atoms with Crippen molar-refractivity contribution < 1.29 is 23.1 Å². The van der Waals surface area contributed by atoms with E-state index in [-0.39, 0.29) is 12.5 Å². The van der Waals surface area contributed by atoms with E-state index in [9.17, 15) is 4.79 Å². The zero-order valence-electron chi connectivity index (χ0n) is 16.8. The van der Waals surface area contributed by atoms with Gasteiger partial charge in [-0.1, -0.05) is 18.2 Å². The molecule has 4 rings (SSSR count). The number of esters is 1. The molecule has 0 saturated heterocycles. The van der Waals surface area contributed by atoms with E-state index in [0.29, 0.717) is 11.7 Å². The van der Waals surface area contributed by atoms with Crippen LogP contribution in [-0.2, 0) is 16.1 Å². The van der Waals surface area contributed by atoms with E-state index in [1.54, 1.807) is 13.2 Å². The van der Waals surface area contributed by atoms with Crippen molar-refractivity contribution in [2.24, 2.45) is 0 Å². The average Bonchev–Trinajstić information content (AvgIpc) is 3.35. The Hall–Kier alpha value is -3.87. The van der Waals surface area contributed by atoms with Crippen molar-refractivity contribution in [2.75, 3.05) is 7.11 Å². The minimum absolute atomic E-state index is 0.108. The van der Waals surface area contributed by atoms with Crippen LogP contribution in [0, 0.1) is 13.8 Å². The van der Waals surface area contributed by atoms with Gasteiger partial charge in [0.25, 0.3) is 11.8 Å². The summed E-state index contributed by atoms with van der Waals surface area (Å²) in [6.45, 7) is 3.55. The minimum atomic E-state index is -0.500. The number of hydrogen-bond acceptors (Lipinski definition) is 7. The Labute approximate surface area is 172 Å². The Morgan fingerprint density at radius 1 is 1.03 bits per heavy atom. The van der Waals surface area contributed by atoms with Gasteiger partial charge >= 0.3 is 5.97 Å². The molecular formula is C23H20N2O5. The van der Waals surface area contributed by atoms with Crippen molar-refractivity contribution in [1.82, 2.24) is 10.2 Å². The maximum Gasteiger partial charge on any atom is 0.331 e. The highest BCUT2D eigenvalue weighted by Crippen LogP contribution is 2.25. The van der Waals surface area contributed by atoms with Crippen LogP contribution in [0.1, 0.15) is 23.0 Å². The van der Waals surface area contributed by atoms with E-state index in [1.807, 2.05) is 56.3 Å². The highest BCUT2D eigenvalue weighted by Gasteiger charge is 2.15. The van der Waals surface area contributed by atoms with Gasteiger partial charge in [0, 0.05) is 6.08 Å². The van der Waals surface area contributed by atoms with E-state index in [1.165, 1.54) is 6.08 Å². The Morgan fingerprint density at radius 3 is 2.60 bits per heavy atom. The molecule has 0 saturated carbocycles. The number of aromatic nitrogens is 2. The van der Waals surface area contributed by atoms with Crippen LogP contribution >= 0.6 is 0 Å². The van der Waals surface area contributed by atoms with Crippen LogP contribution in [0.25, 0.3) is 28.3 Å². The van der Waals surface area contributed by atoms with Crippen LogP contribution in [0.5, 0.6) is 5.75 Å². The molecular weight excluding hydrogens is 384 g/mol. The van der Waals surface area contributed by atoms with Gasteiger partial charge in [0.2, 0.25) is 0 Å². The lowest BCUT2D eigenvalue weighted by atomic mass is 10.1. The fraction of sp³-hybridized carbons (Fsp3) is 0.174. The smallest absolute Gasteiger partial charge is 0.331 e. The zero-order chi connectivity index (χ0) is 21.1. The van der Waals surface area contributed by atoms with Crippen molar-refractivity contribution >= 4 is 22.8 Å². The molecule has 2 aromatic carbocycles. The lowest BCUT2D eigenvalue weighted by Crippen LogP contribution is -2.00. The van der Waals surface area contributed by atoms with E-state index in [2.05, 4.69) is 10.2 Å². The van der Waals surface area contributed by atoms with Gasteiger partial charge in [0.1, 0.15) is 17.3 Å². The average molecular weight is 404 g/mol. The lowest BCUT2D eigenvalue weighted by Gasteiger charge is -2.03. The summed E-state index contributed by atoms with van der Waals surface area (Å²) in [6, 6.07) is 13.5. The van der Waals surface area contributed by atoms with Gasteiger partial charge in [0.05, 0.1) is 12.7 Å². The van der Waals surface area contributed by atoms with Gasteiger partial charge in [-0.25, -0.2) is 4.79 Å². The molecule has 0 spiro atoms. The number of carbonyl (C=O) groups excluding carboxylic acids is 1. The van der Waals surface area contributed by atoms with Gasteiger partial charge in [0.15, 0.2) is 6.61 Å². The van der Waals surface area contributed by atoms with Gasteiger partial charge in [-0.2, -0.15) is 0 Å². The van der Waals surface area contributed by atoms with Gasteiger partial charge in [-0.3, -0.25) is 0 Å². The number of hydrogen-bond donors (Lipinski definition) is 0. The van der Waals surface area contributed by atoms with Crippen LogP contribution < -0.4 is 4.74 Å². The van der Waals surface area contributed by atoms with Crippen molar-refractivity contribution in [1.29, 1.82) is 0 Å². The third-order valence-electron chi connectivity index (χ3n) is 4.56. The van der Waals surface area contributed by atoms with Gasteiger partial charge < -0.3 is 18.3 Å². The molecule has 7 heteroatoms. The molecule has 0 aliphatic heterocycles. The molecule has 0 radical (unpaired) electrons. The monoisotopic (exact) mass is 404 g/mol. The molecule has 152 valence electrons. The van der Waals surface area contributed by atoms with Crippen LogP contribution in [0.3, 0.4) is 0 Å². The molecule has 0 aliphatic rings. The van der Waals surface area contributed by atoms with E-state index < -0.39 is 5.97 Å². The summed E-state index contributed by atoms with van der Waals surface area (Å²) < 4.78 is 21.4. The maximum absolute atomic E-state index is 12.0. The Morgan fingerprint density at radius 2 is 1.83 bits per heavy atom. The number of furan rings is 1. The topological polar surface area (TPSA) is 87.6 Å². The predicted molar refractivity (Wildman–Crippen MR) is 111 cm³/mol. The third kappa shape index (κ3) is 4.25. The molecule has 2 aromatic heterocycles. The summed E-state index contributed by atoms with van der Waals surface area (Å²) >= 11 is 0. The molecule has 30 heavy (non-hydrogen) atoms. The van der Waals surface area contributed by atoms with Crippen molar-refractivity contribution in [3.63, 3.8) is 0 Å². The maximum atomic E-state index is 12.0. The first-order chi connectivity index (χ1) is 14.5. The Bertz CT molecular complexity index is 1240. The summed E-state index contributed by atoms with van der Waals surface area (Å²) in [5, 5.41) is 10.0. The normalized spacial score (nSPS) is 11.3. The number of fused-ring (bicyclic) bond motifs is 1. The van der Waals surface area contributed by atoms with Crippen molar-refractivity contribution in [3.05, 3.63) is 71.5 Å². The van der Waals surface area contributed by atoms with Gasteiger partial charge in [-0.05, 0) is 60.5 Å². The summed E-state index contributed by atoms with van der Waals surface area (Å²) in [4.78, 5) is 12.0. The van der Waals surface area contributed by atoms with E-state index in [4.69, 9.17) is 18.3 Å². The number of nitrogens with zero attached hydrogens (tertiary/aromatic N) is 2. The first-order valence-corrected chi connectivity index (χ1v) is 9.34. The highest BCUT2D eigenvalue weighted by molar-refractivity contribution is 5.90. The molecule has 0 atom stereocenters. The fourth-order valence-electron chi connectivity index (χ4n) is 3.08. The lowest BCUT2D eigenvalue weighted by molar-refractivity contribution is -0.139. The standard InChI is InChI=1S/C23H20N2O5/c1-14-10-20(15(2)29-14)23-25-24-21(30-23)13-28-22(26)9-5-16-4-6-18-12-19(27-3)8-7-17(18)11-16/h4-12H,13H2,1-3H3/b9-5+. The quantitative estimate of drug-likeness (QED) is 0.335. The molecule has 0 bridgehead atoms. The third-order valence-corrected chi connectivity index (χ3v) is 4.56. The Balaban J connectivity index is 1.37. The fourth-order valence-corrected chi connectivity index (χ4v) is 3.08. The number of methoxy groups -OCH3 is 1. The van der Waals surface area contributed by atoms with Crippen LogP contribution in [-0.4, -0.2) is 23.3 Å². The zero-order valence-corrected chi connectivity index (χ0v) is 16.8. The predicted octanol–water partition coefficient (Wildman–Crippen LogP) is 4.86. The van der Waals surface area contributed by atoms with Crippen LogP contribution in [0.15, 0.2) is 57.4 Å². The first-order valence-electron chi connectivity index (χ1n) is 9.34. The van der Waals surface area contributed by atoms with Crippen molar-refractivity contribution in [3.8, 4) is 17.2 Å². The van der Waals surface area contributed by atoms with Crippen molar-refractivity contribution in [2.45, 2.75) is 20.5 Å². The molecule has 4 aromatic rings. The second kappa shape index (κ2) is 8.24. The minimum Gasteiger partial charge on any atom is -0.497 e. The second-order valence-corrected chi connectivity index (χ2v) is 6.74. The van der Waals surface area contributed by atoms with Gasteiger partial charge in [-0.15, -0.1) is 10.2 Å². The SMILES string of the molecule is COc1ccc2cc(/C=C/C(=O)OCc3nnc(-c4cc(C)oc4C)o3)ccc2c1.